The van der Waals surface area contributed by atoms with E-state index in [0.717, 1.165) is 32.4 Å². The first-order valence-electron chi connectivity index (χ1n) is 7.95. The first-order chi connectivity index (χ1) is 12.5. The molecule has 138 valence electrons. The maximum atomic E-state index is 13.6. The molecule has 26 heavy (non-hydrogen) atoms. The van der Waals surface area contributed by atoms with Crippen molar-refractivity contribution < 1.29 is 27.5 Å². The number of likely N-dealkylation sites (tertiary alicyclic amines) is 1. The largest absolute Gasteiger partial charge is 0.433 e. The number of hydrogen-bond acceptors (Lipinski definition) is 4. The fraction of sp³-hybridized carbons (Fsp3) is 0.294. The predicted octanol–water partition coefficient (Wildman–Crippen LogP) is 4.05. The summed E-state index contributed by atoms with van der Waals surface area (Å²) in [4.78, 5) is 5.75. The molecule has 0 unspecified atom stereocenters. The third-order valence-electron chi connectivity index (χ3n) is 4.02. The summed E-state index contributed by atoms with van der Waals surface area (Å²) in [7, 11) is 0. The van der Waals surface area contributed by atoms with Crippen LogP contribution in [0.1, 0.15) is 24.8 Å². The Morgan fingerprint density at radius 2 is 1.69 bits per heavy atom. The van der Waals surface area contributed by atoms with Crippen LogP contribution in [0.25, 0.3) is 0 Å². The minimum Gasteiger partial charge on any atom is -0.433 e. The molecule has 1 saturated heterocycles. The molecule has 0 spiro atoms. The van der Waals surface area contributed by atoms with E-state index < -0.39 is 29.0 Å². The van der Waals surface area contributed by atoms with Gasteiger partial charge < -0.3 is 14.8 Å². The number of hydrogen-bond donors (Lipinski definition) is 1. The summed E-state index contributed by atoms with van der Waals surface area (Å²) >= 11 is 0. The molecule has 3 rings (SSSR count). The van der Waals surface area contributed by atoms with E-state index >= 15 is 0 Å². The van der Waals surface area contributed by atoms with E-state index in [1.807, 2.05) is 4.90 Å². The Morgan fingerprint density at radius 3 is 2.23 bits per heavy atom. The first-order valence-corrected chi connectivity index (χ1v) is 7.95. The average molecular weight is 369 g/mol. The molecule has 1 N–H and O–H groups in total. The van der Waals surface area contributed by atoms with Crippen LogP contribution in [0, 0.1) is 23.3 Å². The van der Waals surface area contributed by atoms with Gasteiger partial charge in [0.05, 0.1) is 0 Å². The molecule has 1 aliphatic heterocycles. The van der Waals surface area contributed by atoms with Crippen LogP contribution in [0.2, 0.25) is 0 Å². The minimum absolute atomic E-state index is 0.0939. The van der Waals surface area contributed by atoms with Crippen LogP contribution in [0.5, 0.6) is 11.6 Å². The molecule has 0 bridgehead atoms. The third-order valence-corrected chi connectivity index (χ3v) is 4.02. The Bertz CT molecular complexity index is 795. The molecule has 9 heteroatoms. The standard InChI is InChI=1S/C17H15F4N3O2/c18-11-8-12(19)15(21)16(14(11)20)26-13-5-4-10(9-22-13)17(23-25)24-6-2-1-3-7-24/h4-5,8-9,25H,1-3,6-7H2/b23-17-. The van der Waals surface area contributed by atoms with Crippen molar-refractivity contribution in [3.05, 3.63) is 53.2 Å². The second-order valence-corrected chi connectivity index (χ2v) is 5.76. The Hall–Kier alpha value is -2.84. The van der Waals surface area contributed by atoms with Crippen molar-refractivity contribution in [3.8, 4) is 11.6 Å². The fourth-order valence-corrected chi connectivity index (χ4v) is 2.73. The highest BCUT2D eigenvalue weighted by atomic mass is 19.2. The highest BCUT2D eigenvalue weighted by molar-refractivity contribution is 5.98. The number of amidine groups is 1. The van der Waals surface area contributed by atoms with E-state index in [1.165, 1.54) is 18.3 Å². The van der Waals surface area contributed by atoms with Crippen LogP contribution in [0.3, 0.4) is 0 Å². The van der Waals surface area contributed by atoms with Gasteiger partial charge in [-0.25, -0.2) is 13.8 Å². The topological polar surface area (TPSA) is 58.0 Å². The van der Waals surface area contributed by atoms with E-state index in [1.54, 1.807) is 0 Å². The number of aromatic nitrogens is 1. The molecule has 1 aliphatic rings. The molecule has 2 heterocycles. The van der Waals surface area contributed by atoms with Crippen molar-refractivity contribution in [2.45, 2.75) is 19.3 Å². The van der Waals surface area contributed by atoms with E-state index in [9.17, 15) is 22.8 Å². The molecule has 0 atom stereocenters. The number of benzene rings is 1. The first kappa shape index (κ1) is 18.0. The molecule has 0 amide bonds. The molecular formula is C17H15F4N3O2. The molecule has 0 radical (unpaired) electrons. The number of rotatable bonds is 3. The normalized spacial score (nSPS) is 15.2. The summed E-state index contributed by atoms with van der Waals surface area (Å²) in [6, 6.07) is 2.82. The summed E-state index contributed by atoms with van der Waals surface area (Å²) in [5.74, 6) is -7.62. The van der Waals surface area contributed by atoms with Crippen LogP contribution in [-0.4, -0.2) is 34.0 Å². The molecule has 5 nitrogen and oxygen atoms in total. The smallest absolute Gasteiger partial charge is 0.219 e. The van der Waals surface area contributed by atoms with E-state index in [-0.39, 0.29) is 11.9 Å². The third kappa shape index (κ3) is 3.56. The van der Waals surface area contributed by atoms with Gasteiger partial charge in [0, 0.05) is 37.0 Å². The van der Waals surface area contributed by atoms with E-state index in [2.05, 4.69) is 10.1 Å². The lowest BCUT2D eigenvalue weighted by Gasteiger charge is -2.28. The van der Waals surface area contributed by atoms with Gasteiger partial charge in [-0.15, -0.1) is 0 Å². The van der Waals surface area contributed by atoms with Gasteiger partial charge in [0.2, 0.25) is 23.3 Å². The number of nitrogens with zero attached hydrogens (tertiary/aromatic N) is 3. The number of piperidine rings is 1. The zero-order valence-corrected chi connectivity index (χ0v) is 13.6. The maximum absolute atomic E-state index is 13.6. The Kier molecular flexibility index (Phi) is 5.24. The zero-order chi connectivity index (χ0) is 18.7. The highest BCUT2D eigenvalue weighted by Gasteiger charge is 2.22. The van der Waals surface area contributed by atoms with Gasteiger partial charge in [-0.2, -0.15) is 8.78 Å². The number of oxime groups is 1. The Labute approximate surface area is 146 Å². The van der Waals surface area contributed by atoms with Gasteiger partial charge >= 0.3 is 0 Å². The highest BCUT2D eigenvalue weighted by Crippen LogP contribution is 2.30. The quantitative estimate of drug-likeness (QED) is 0.221. The van der Waals surface area contributed by atoms with Crippen molar-refractivity contribution in [2.24, 2.45) is 5.16 Å². The second-order valence-electron chi connectivity index (χ2n) is 5.76. The van der Waals surface area contributed by atoms with Gasteiger partial charge in [-0.1, -0.05) is 5.16 Å². The second kappa shape index (κ2) is 7.59. The minimum atomic E-state index is -1.65. The van der Waals surface area contributed by atoms with Crippen molar-refractivity contribution in [3.63, 3.8) is 0 Å². The van der Waals surface area contributed by atoms with Crippen LogP contribution < -0.4 is 4.74 Å². The summed E-state index contributed by atoms with van der Waals surface area (Å²) < 4.78 is 58.6. The lowest BCUT2D eigenvalue weighted by molar-refractivity contribution is 0.286. The van der Waals surface area contributed by atoms with Crippen molar-refractivity contribution >= 4 is 5.84 Å². The van der Waals surface area contributed by atoms with Gasteiger partial charge in [0.25, 0.3) is 0 Å². The molecule has 2 aromatic rings. The lowest BCUT2D eigenvalue weighted by Crippen LogP contribution is -2.36. The van der Waals surface area contributed by atoms with Gasteiger partial charge in [-0.05, 0) is 25.3 Å². The Balaban J connectivity index is 1.82. The van der Waals surface area contributed by atoms with Gasteiger partial charge in [0.15, 0.2) is 17.5 Å². The lowest BCUT2D eigenvalue weighted by atomic mass is 10.1. The average Bonchev–Trinajstić information content (AvgIpc) is 2.66. The SMILES string of the molecule is O/N=C(/c1ccc(Oc2c(F)c(F)cc(F)c2F)nc1)N1CCCCC1. The molecule has 1 aromatic carbocycles. The maximum Gasteiger partial charge on any atom is 0.219 e. The monoisotopic (exact) mass is 369 g/mol. The molecule has 0 saturated carbocycles. The van der Waals surface area contributed by atoms with Crippen molar-refractivity contribution in [1.29, 1.82) is 0 Å². The zero-order valence-electron chi connectivity index (χ0n) is 13.6. The molecule has 1 aromatic heterocycles. The summed E-state index contributed by atoms with van der Waals surface area (Å²) in [5, 5.41) is 12.6. The summed E-state index contributed by atoms with van der Waals surface area (Å²) in [6.07, 6.45) is 4.32. The van der Waals surface area contributed by atoms with Crippen LogP contribution in [0.15, 0.2) is 29.6 Å². The van der Waals surface area contributed by atoms with Crippen LogP contribution >= 0.6 is 0 Å². The molecule has 0 aliphatic carbocycles. The molecule has 1 fully saturated rings. The number of halogens is 4. The van der Waals surface area contributed by atoms with Crippen molar-refractivity contribution in [1.82, 2.24) is 9.88 Å². The van der Waals surface area contributed by atoms with Crippen molar-refractivity contribution in [2.75, 3.05) is 13.1 Å². The fourth-order valence-electron chi connectivity index (χ4n) is 2.73. The predicted molar refractivity (Wildman–Crippen MR) is 84.3 cm³/mol. The number of ether oxygens (including phenoxy) is 1. The number of pyridine rings is 1. The molecular weight excluding hydrogens is 354 g/mol. The van der Waals surface area contributed by atoms with Crippen LogP contribution in [-0.2, 0) is 0 Å². The summed E-state index contributed by atoms with van der Waals surface area (Å²) in [5.41, 5.74) is 0.466. The summed E-state index contributed by atoms with van der Waals surface area (Å²) in [6.45, 7) is 1.47. The van der Waals surface area contributed by atoms with Crippen LogP contribution in [0.4, 0.5) is 17.6 Å². The van der Waals surface area contributed by atoms with Gasteiger partial charge in [-0.3, -0.25) is 0 Å². The van der Waals surface area contributed by atoms with E-state index in [4.69, 9.17) is 4.74 Å². The van der Waals surface area contributed by atoms with Gasteiger partial charge in [0.1, 0.15) is 0 Å². The Morgan fingerprint density at radius 1 is 1.04 bits per heavy atom. The van der Waals surface area contributed by atoms with E-state index in [0.29, 0.717) is 11.4 Å².